The molecule has 0 bridgehead atoms. The standard InChI is InChI=1S/C17H21NO/c1-15-8-10-16(11-9-15)14-18-12-5-13-19-17-6-3-2-4-7-17/h2-4,6-11,18H,5,12-14H2,1H3. The number of ether oxygens (including phenoxy) is 1. The van der Waals surface area contributed by atoms with Gasteiger partial charge in [0.15, 0.2) is 0 Å². The van der Waals surface area contributed by atoms with E-state index >= 15 is 0 Å². The van der Waals surface area contributed by atoms with E-state index in [0.717, 1.165) is 31.9 Å². The third-order valence-corrected chi connectivity index (χ3v) is 2.96. The van der Waals surface area contributed by atoms with E-state index in [0.29, 0.717) is 0 Å². The van der Waals surface area contributed by atoms with Crippen molar-refractivity contribution in [1.29, 1.82) is 0 Å². The SMILES string of the molecule is Cc1ccc(CNCCCOc2ccccc2)cc1. The van der Waals surface area contributed by atoms with Crippen molar-refractivity contribution in [3.63, 3.8) is 0 Å². The summed E-state index contributed by atoms with van der Waals surface area (Å²) in [6.07, 6.45) is 1.01. The summed E-state index contributed by atoms with van der Waals surface area (Å²) in [5.74, 6) is 0.945. The Hall–Kier alpha value is -1.80. The Kier molecular flexibility index (Phi) is 5.45. The first-order chi connectivity index (χ1) is 9.34. The maximum atomic E-state index is 5.63. The molecule has 2 heteroatoms. The maximum Gasteiger partial charge on any atom is 0.119 e. The zero-order valence-corrected chi connectivity index (χ0v) is 11.4. The number of aryl methyl sites for hydroxylation is 1. The molecule has 0 saturated carbocycles. The number of hydrogen-bond donors (Lipinski definition) is 1. The lowest BCUT2D eigenvalue weighted by Gasteiger charge is -2.07. The average molecular weight is 255 g/mol. The van der Waals surface area contributed by atoms with E-state index in [2.05, 4.69) is 36.5 Å². The van der Waals surface area contributed by atoms with Gasteiger partial charge in [-0.05, 0) is 37.6 Å². The van der Waals surface area contributed by atoms with E-state index in [1.165, 1.54) is 11.1 Å². The molecular weight excluding hydrogens is 234 g/mol. The van der Waals surface area contributed by atoms with Crippen molar-refractivity contribution < 1.29 is 4.74 Å². The molecule has 1 N–H and O–H groups in total. The van der Waals surface area contributed by atoms with Crippen LogP contribution in [0.3, 0.4) is 0 Å². The summed E-state index contributed by atoms with van der Waals surface area (Å²) in [4.78, 5) is 0. The van der Waals surface area contributed by atoms with Crippen LogP contribution in [0.25, 0.3) is 0 Å². The Morgan fingerprint density at radius 1 is 0.947 bits per heavy atom. The largest absolute Gasteiger partial charge is 0.494 e. The molecule has 100 valence electrons. The van der Waals surface area contributed by atoms with Crippen molar-refractivity contribution in [3.8, 4) is 5.75 Å². The van der Waals surface area contributed by atoms with Crippen LogP contribution < -0.4 is 10.1 Å². The van der Waals surface area contributed by atoms with Crippen molar-refractivity contribution in [2.75, 3.05) is 13.2 Å². The Morgan fingerprint density at radius 3 is 2.42 bits per heavy atom. The average Bonchev–Trinajstić information content (AvgIpc) is 2.46. The first-order valence-corrected chi connectivity index (χ1v) is 6.79. The topological polar surface area (TPSA) is 21.3 Å². The molecule has 0 heterocycles. The van der Waals surface area contributed by atoms with Gasteiger partial charge in [-0.25, -0.2) is 0 Å². The number of nitrogens with one attached hydrogen (secondary N) is 1. The molecule has 2 aromatic carbocycles. The fourth-order valence-corrected chi connectivity index (χ4v) is 1.84. The van der Waals surface area contributed by atoms with Crippen LogP contribution in [0.1, 0.15) is 17.5 Å². The molecule has 0 amide bonds. The molecule has 0 aromatic heterocycles. The quantitative estimate of drug-likeness (QED) is 0.764. The predicted molar refractivity (Wildman–Crippen MR) is 79.4 cm³/mol. The molecule has 0 aliphatic heterocycles. The number of hydrogen-bond acceptors (Lipinski definition) is 2. The molecule has 2 nitrogen and oxygen atoms in total. The molecule has 0 aliphatic rings. The number of para-hydroxylation sites is 1. The second kappa shape index (κ2) is 7.59. The lowest BCUT2D eigenvalue weighted by molar-refractivity contribution is 0.308. The van der Waals surface area contributed by atoms with Crippen molar-refractivity contribution >= 4 is 0 Å². The summed E-state index contributed by atoms with van der Waals surface area (Å²) >= 11 is 0. The Morgan fingerprint density at radius 2 is 1.68 bits per heavy atom. The van der Waals surface area contributed by atoms with Gasteiger partial charge in [-0.3, -0.25) is 0 Å². The van der Waals surface area contributed by atoms with E-state index in [-0.39, 0.29) is 0 Å². The van der Waals surface area contributed by atoms with Gasteiger partial charge in [-0.1, -0.05) is 48.0 Å². The Bertz CT molecular complexity index is 464. The lowest BCUT2D eigenvalue weighted by Crippen LogP contribution is -2.16. The zero-order chi connectivity index (χ0) is 13.3. The first-order valence-electron chi connectivity index (χ1n) is 6.79. The third kappa shape index (κ3) is 5.14. The Balaban J connectivity index is 1.56. The minimum Gasteiger partial charge on any atom is -0.494 e. The summed E-state index contributed by atoms with van der Waals surface area (Å²) in [5.41, 5.74) is 2.63. The van der Waals surface area contributed by atoms with Crippen LogP contribution in [0, 0.1) is 6.92 Å². The van der Waals surface area contributed by atoms with Gasteiger partial charge >= 0.3 is 0 Å². The van der Waals surface area contributed by atoms with Gasteiger partial charge in [-0.2, -0.15) is 0 Å². The van der Waals surface area contributed by atoms with E-state index < -0.39 is 0 Å². The highest BCUT2D eigenvalue weighted by Gasteiger charge is 1.94. The van der Waals surface area contributed by atoms with Crippen molar-refractivity contribution in [3.05, 3.63) is 65.7 Å². The second-order valence-corrected chi connectivity index (χ2v) is 4.68. The monoisotopic (exact) mass is 255 g/mol. The molecule has 2 aromatic rings. The summed E-state index contributed by atoms with van der Waals surface area (Å²) in [7, 11) is 0. The van der Waals surface area contributed by atoms with Crippen molar-refractivity contribution in [1.82, 2.24) is 5.32 Å². The smallest absolute Gasteiger partial charge is 0.119 e. The van der Waals surface area contributed by atoms with E-state index in [9.17, 15) is 0 Å². The predicted octanol–water partition coefficient (Wildman–Crippen LogP) is 3.55. The van der Waals surface area contributed by atoms with Crippen LogP contribution in [-0.4, -0.2) is 13.2 Å². The van der Waals surface area contributed by atoms with Crippen LogP contribution >= 0.6 is 0 Å². The fraction of sp³-hybridized carbons (Fsp3) is 0.294. The first kappa shape index (κ1) is 13.6. The van der Waals surface area contributed by atoms with Gasteiger partial charge in [0.05, 0.1) is 6.61 Å². The fourth-order valence-electron chi connectivity index (χ4n) is 1.84. The lowest BCUT2D eigenvalue weighted by atomic mass is 10.1. The van der Waals surface area contributed by atoms with Gasteiger partial charge in [0.1, 0.15) is 5.75 Å². The summed E-state index contributed by atoms with van der Waals surface area (Å²) in [6.45, 7) is 4.76. The molecule has 0 radical (unpaired) electrons. The molecule has 0 saturated heterocycles. The highest BCUT2D eigenvalue weighted by Crippen LogP contribution is 2.08. The van der Waals surface area contributed by atoms with Crippen LogP contribution in [0.2, 0.25) is 0 Å². The zero-order valence-electron chi connectivity index (χ0n) is 11.4. The van der Waals surface area contributed by atoms with E-state index in [4.69, 9.17) is 4.74 Å². The van der Waals surface area contributed by atoms with Crippen LogP contribution in [0.4, 0.5) is 0 Å². The summed E-state index contributed by atoms with van der Waals surface area (Å²) in [5, 5.41) is 3.43. The van der Waals surface area contributed by atoms with E-state index in [1.54, 1.807) is 0 Å². The highest BCUT2D eigenvalue weighted by molar-refractivity contribution is 5.21. The molecule has 2 rings (SSSR count). The number of benzene rings is 2. The molecule has 0 fully saturated rings. The van der Waals surface area contributed by atoms with Gasteiger partial charge in [0.25, 0.3) is 0 Å². The summed E-state index contributed by atoms with van der Waals surface area (Å²) in [6, 6.07) is 18.6. The van der Waals surface area contributed by atoms with Gasteiger partial charge in [0, 0.05) is 6.54 Å². The third-order valence-electron chi connectivity index (χ3n) is 2.96. The second-order valence-electron chi connectivity index (χ2n) is 4.68. The van der Waals surface area contributed by atoms with Gasteiger partial charge in [-0.15, -0.1) is 0 Å². The van der Waals surface area contributed by atoms with Gasteiger partial charge in [0.2, 0.25) is 0 Å². The maximum absolute atomic E-state index is 5.63. The van der Waals surface area contributed by atoms with Crippen LogP contribution in [-0.2, 0) is 6.54 Å². The van der Waals surface area contributed by atoms with Crippen LogP contribution in [0.15, 0.2) is 54.6 Å². The molecule has 19 heavy (non-hydrogen) atoms. The van der Waals surface area contributed by atoms with Crippen molar-refractivity contribution in [2.45, 2.75) is 19.9 Å². The summed E-state index contributed by atoms with van der Waals surface area (Å²) < 4.78 is 5.63. The van der Waals surface area contributed by atoms with E-state index in [1.807, 2.05) is 30.3 Å². The minimum absolute atomic E-state index is 0.755. The van der Waals surface area contributed by atoms with Gasteiger partial charge < -0.3 is 10.1 Å². The molecule has 0 aliphatic carbocycles. The molecule has 0 unspecified atom stereocenters. The Labute approximate surface area is 115 Å². The molecule has 0 atom stereocenters. The minimum atomic E-state index is 0.755. The molecular formula is C17H21NO. The normalized spacial score (nSPS) is 10.4. The van der Waals surface area contributed by atoms with Crippen LogP contribution in [0.5, 0.6) is 5.75 Å². The number of rotatable bonds is 7. The van der Waals surface area contributed by atoms with Crippen molar-refractivity contribution in [2.24, 2.45) is 0 Å². The molecule has 0 spiro atoms. The highest BCUT2D eigenvalue weighted by atomic mass is 16.5.